The Labute approximate surface area is 245 Å². The van der Waals surface area contributed by atoms with Gasteiger partial charge in [0.1, 0.15) is 16.8 Å². The Morgan fingerprint density at radius 1 is 1.24 bits per heavy atom. The second-order valence-electron chi connectivity index (χ2n) is 10.8. The number of nitrogens with zero attached hydrogens (tertiary/aromatic N) is 5. The quantitative estimate of drug-likeness (QED) is 0.239. The number of aromatic nitrogens is 2. The predicted molar refractivity (Wildman–Crippen MR) is 158 cm³/mol. The first-order valence-electron chi connectivity index (χ1n) is 14.6. The fourth-order valence-electron chi connectivity index (χ4n) is 5.57. The number of amides is 1. The molecule has 2 unspecified atom stereocenters. The van der Waals surface area contributed by atoms with Crippen molar-refractivity contribution in [2.45, 2.75) is 70.0 Å². The van der Waals surface area contributed by atoms with Crippen molar-refractivity contribution in [3.63, 3.8) is 0 Å². The first-order chi connectivity index (χ1) is 19.6. The van der Waals surface area contributed by atoms with Gasteiger partial charge < -0.3 is 20.4 Å². The SMILES string of the molecule is CCCC(Cl)C(=O)N(C)CCCNc1nc(Nc2ccc(N3CCN4CCCC4C3)cc2CC)ncc1C(F)(F)F. The summed E-state index contributed by atoms with van der Waals surface area (Å²) < 4.78 is 41.2. The molecule has 2 N–H and O–H groups in total. The fraction of sp³-hybridized carbons (Fsp3) is 0.621. The normalized spacial score (nSPS) is 18.2. The number of halogens is 4. The molecule has 2 aliphatic heterocycles. The average Bonchev–Trinajstić information content (AvgIpc) is 3.42. The minimum atomic E-state index is -4.61. The first kappa shape index (κ1) is 31.2. The van der Waals surface area contributed by atoms with Crippen LogP contribution < -0.4 is 15.5 Å². The van der Waals surface area contributed by atoms with Crippen LogP contribution in [0.4, 0.5) is 36.3 Å². The standard InChI is InChI=1S/C29H41ClF3N7O/c1-4-8-24(30)27(41)38(3)13-7-12-34-26-23(29(31,32)33)18-35-28(37-26)36-25-11-10-21(17-20(25)5-2)40-16-15-39-14-6-9-22(39)19-40/h10-11,17-18,22,24H,4-9,12-16,19H2,1-3H3,(H2,34,35,36,37). The summed E-state index contributed by atoms with van der Waals surface area (Å²) in [7, 11) is 1.65. The van der Waals surface area contributed by atoms with Gasteiger partial charge in [-0.2, -0.15) is 18.2 Å². The van der Waals surface area contributed by atoms with Crippen LogP contribution in [0.5, 0.6) is 0 Å². The number of nitrogens with one attached hydrogen (secondary N) is 2. The van der Waals surface area contributed by atoms with Gasteiger partial charge >= 0.3 is 6.18 Å². The molecule has 3 heterocycles. The monoisotopic (exact) mass is 595 g/mol. The minimum Gasteiger partial charge on any atom is -0.369 e. The van der Waals surface area contributed by atoms with E-state index in [1.54, 1.807) is 7.05 Å². The Morgan fingerprint density at radius 2 is 2.05 bits per heavy atom. The molecule has 0 radical (unpaired) electrons. The number of carbonyl (C=O) groups excluding carboxylic acids is 1. The summed E-state index contributed by atoms with van der Waals surface area (Å²) in [4.78, 5) is 27.0. The molecule has 2 aromatic rings. The lowest BCUT2D eigenvalue weighted by Crippen LogP contribution is -2.50. The third kappa shape index (κ3) is 7.94. The molecule has 1 aromatic heterocycles. The summed E-state index contributed by atoms with van der Waals surface area (Å²) in [6.45, 7) is 8.82. The zero-order valence-electron chi connectivity index (χ0n) is 24.1. The van der Waals surface area contributed by atoms with Crippen molar-refractivity contribution in [2.75, 3.05) is 61.8 Å². The van der Waals surface area contributed by atoms with Crippen molar-refractivity contribution in [3.05, 3.63) is 35.5 Å². The molecule has 41 heavy (non-hydrogen) atoms. The predicted octanol–water partition coefficient (Wildman–Crippen LogP) is 5.75. The van der Waals surface area contributed by atoms with Gasteiger partial charge in [-0.3, -0.25) is 9.69 Å². The molecule has 4 rings (SSSR count). The molecule has 0 saturated carbocycles. The van der Waals surface area contributed by atoms with Gasteiger partial charge in [0.15, 0.2) is 0 Å². The van der Waals surface area contributed by atoms with Crippen molar-refractivity contribution in [1.82, 2.24) is 19.8 Å². The molecule has 8 nitrogen and oxygen atoms in total. The van der Waals surface area contributed by atoms with E-state index in [9.17, 15) is 18.0 Å². The zero-order chi connectivity index (χ0) is 29.6. The third-order valence-electron chi connectivity index (χ3n) is 7.91. The van der Waals surface area contributed by atoms with Gasteiger partial charge in [-0.25, -0.2) is 4.98 Å². The number of alkyl halides is 4. The number of hydrogen-bond acceptors (Lipinski definition) is 7. The second kappa shape index (κ2) is 13.9. The molecule has 0 aliphatic carbocycles. The van der Waals surface area contributed by atoms with Crippen LogP contribution in [0.1, 0.15) is 57.1 Å². The van der Waals surface area contributed by atoms with E-state index in [0.717, 1.165) is 55.6 Å². The van der Waals surface area contributed by atoms with E-state index in [0.29, 0.717) is 25.4 Å². The van der Waals surface area contributed by atoms with Crippen LogP contribution in [0, 0.1) is 0 Å². The molecule has 2 atom stereocenters. The highest BCUT2D eigenvalue weighted by Crippen LogP contribution is 2.35. The third-order valence-corrected chi connectivity index (χ3v) is 8.32. The van der Waals surface area contributed by atoms with E-state index in [2.05, 4.69) is 49.5 Å². The van der Waals surface area contributed by atoms with E-state index < -0.39 is 17.1 Å². The van der Waals surface area contributed by atoms with E-state index >= 15 is 0 Å². The molecule has 1 amide bonds. The molecular weight excluding hydrogens is 555 g/mol. The topological polar surface area (TPSA) is 76.6 Å². The van der Waals surface area contributed by atoms with Crippen molar-refractivity contribution in [2.24, 2.45) is 0 Å². The summed E-state index contributed by atoms with van der Waals surface area (Å²) in [5, 5.41) is 5.34. The maximum Gasteiger partial charge on any atom is 0.421 e. The molecular formula is C29H41ClF3N7O. The number of anilines is 4. The number of rotatable bonds is 12. The number of benzene rings is 1. The van der Waals surface area contributed by atoms with Crippen LogP contribution in [-0.2, 0) is 17.4 Å². The molecule has 2 fully saturated rings. The smallest absolute Gasteiger partial charge is 0.369 e. The van der Waals surface area contributed by atoms with Gasteiger partial charge in [-0.15, -0.1) is 11.6 Å². The number of aryl methyl sites for hydroxylation is 1. The van der Waals surface area contributed by atoms with E-state index in [-0.39, 0.29) is 24.2 Å². The van der Waals surface area contributed by atoms with Crippen LogP contribution in [0.3, 0.4) is 0 Å². The van der Waals surface area contributed by atoms with Crippen molar-refractivity contribution < 1.29 is 18.0 Å². The molecule has 2 aliphatic rings. The van der Waals surface area contributed by atoms with Crippen LogP contribution in [0.15, 0.2) is 24.4 Å². The maximum absolute atomic E-state index is 13.7. The molecule has 12 heteroatoms. The second-order valence-corrected chi connectivity index (χ2v) is 11.4. The first-order valence-corrected chi connectivity index (χ1v) is 15.0. The average molecular weight is 596 g/mol. The number of hydrogen-bond donors (Lipinski definition) is 2. The minimum absolute atomic E-state index is 0.0827. The molecule has 226 valence electrons. The number of piperazine rings is 1. The van der Waals surface area contributed by atoms with Crippen LogP contribution in [-0.4, -0.2) is 83.4 Å². The molecule has 1 aromatic carbocycles. The zero-order valence-corrected chi connectivity index (χ0v) is 24.9. The van der Waals surface area contributed by atoms with Gasteiger partial charge in [0.05, 0.1) is 0 Å². The summed E-state index contributed by atoms with van der Waals surface area (Å²) >= 11 is 6.12. The number of fused-ring (bicyclic) bond motifs is 1. The fourth-order valence-corrected chi connectivity index (χ4v) is 5.96. The van der Waals surface area contributed by atoms with E-state index in [4.69, 9.17) is 11.6 Å². The summed E-state index contributed by atoms with van der Waals surface area (Å²) in [5.74, 6) is -0.398. The van der Waals surface area contributed by atoms with E-state index in [1.165, 1.54) is 24.3 Å². The largest absolute Gasteiger partial charge is 0.421 e. The Balaban J connectivity index is 1.42. The summed E-state index contributed by atoms with van der Waals surface area (Å²) in [5.41, 5.74) is 2.04. The van der Waals surface area contributed by atoms with Gasteiger partial charge in [0, 0.05) is 63.4 Å². The van der Waals surface area contributed by atoms with Crippen LogP contribution in [0.2, 0.25) is 0 Å². The summed E-state index contributed by atoms with van der Waals surface area (Å²) in [6, 6.07) is 6.77. The van der Waals surface area contributed by atoms with E-state index in [1.807, 2.05) is 13.0 Å². The Morgan fingerprint density at radius 3 is 2.78 bits per heavy atom. The number of carbonyl (C=O) groups is 1. The van der Waals surface area contributed by atoms with Gasteiger partial charge in [-0.05, 0) is 62.4 Å². The lowest BCUT2D eigenvalue weighted by molar-refractivity contribution is -0.137. The highest BCUT2D eigenvalue weighted by atomic mass is 35.5. The highest BCUT2D eigenvalue weighted by Gasteiger charge is 2.35. The van der Waals surface area contributed by atoms with Crippen molar-refractivity contribution in [1.29, 1.82) is 0 Å². The Kier molecular flexibility index (Phi) is 10.6. The molecule has 0 spiro atoms. The van der Waals surface area contributed by atoms with Crippen molar-refractivity contribution >= 4 is 40.6 Å². The summed E-state index contributed by atoms with van der Waals surface area (Å²) in [6.07, 6.45) is 1.24. The molecule has 0 bridgehead atoms. The van der Waals surface area contributed by atoms with Gasteiger partial charge in [0.25, 0.3) is 0 Å². The molecule has 2 saturated heterocycles. The van der Waals surface area contributed by atoms with Crippen LogP contribution >= 0.6 is 11.6 Å². The lowest BCUT2D eigenvalue weighted by Gasteiger charge is -2.39. The van der Waals surface area contributed by atoms with Gasteiger partial charge in [-0.1, -0.05) is 20.3 Å². The Hall–Kier alpha value is -2.79. The van der Waals surface area contributed by atoms with Crippen LogP contribution in [0.25, 0.3) is 0 Å². The lowest BCUT2D eigenvalue weighted by atomic mass is 10.1. The van der Waals surface area contributed by atoms with Crippen molar-refractivity contribution in [3.8, 4) is 0 Å². The maximum atomic E-state index is 13.7. The Bertz CT molecular complexity index is 1180. The highest BCUT2D eigenvalue weighted by molar-refractivity contribution is 6.30. The van der Waals surface area contributed by atoms with Gasteiger partial charge in [0.2, 0.25) is 11.9 Å².